The highest BCUT2D eigenvalue weighted by Crippen LogP contribution is 2.39. The Bertz CT molecular complexity index is 653. The predicted molar refractivity (Wildman–Crippen MR) is 79.8 cm³/mol. The van der Waals surface area contributed by atoms with Gasteiger partial charge in [0.1, 0.15) is 4.90 Å². The first-order chi connectivity index (χ1) is 9.77. The molecule has 7 nitrogen and oxygen atoms in total. The van der Waals surface area contributed by atoms with Crippen molar-refractivity contribution in [1.82, 2.24) is 4.72 Å². The molecule has 0 aromatic heterocycles. The van der Waals surface area contributed by atoms with Crippen molar-refractivity contribution in [2.45, 2.75) is 31.1 Å². The molecule has 116 valence electrons. The van der Waals surface area contributed by atoms with Crippen LogP contribution in [0.5, 0.6) is 0 Å². The number of rotatable bonds is 6. The van der Waals surface area contributed by atoms with Crippen molar-refractivity contribution in [2.24, 2.45) is 5.41 Å². The molecule has 8 heteroatoms. The number of hydrogen-bond acceptors (Lipinski definition) is 5. The molecule has 0 amide bonds. The third-order valence-corrected chi connectivity index (χ3v) is 5.44. The monoisotopic (exact) mass is 313 g/mol. The molecular weight excluding hydrogens is 294 g/mol. The largest absolute Gasteiger partial charge is 0.387 e. The molecule has 21 heavy (non-hydrogen) atoms. The Kier molecular flexibility index (Phi) is 4.20. The third kappa shape index (κ3) is 3.33. The van der Waals surface area contributed by atoms with E-state index in [2.05, 4.69) is 10.0 Å². The lowest BCUT2D eigenvalue weighted by Crippen LogP contribution is -2.40. The average Bonchev–Trinajstić information content (AvgIpc) is 2.42. The molecule has 1 aliphatic carbocycles. The molecule has 0 heterocycles. The van der Waals surface area contributed by atoms with Crippen molar-refractivity contribution in [2.75, 3.05) is 18.9 Å². The summed E-state index contributed by atoms with van der Waals surface area (Å²) in [6.07, 6.45) is 3.14. The van der Waals surface area contributed by atoms with E-state index in [1.54, 1.807) is 0 Å². The van der Waals surface area contributed by atoms with E-state index in [0.717, 1.165) is 19.3 Å². The Hall–Kier alpha value is -1.67. The van der Waals surface area contributed by atoms with E-state index in [1.165, 1.54) is 25.2 Å². The summed E-state index contributed by atoms with van der Waals surface area (Å²) < 4.78 is 27.3. The van der Waals surface area contributed by atoms with E-state index in [4.69, 9.17) is 0 Å². The lowest BCUT2D eigenvalue weighted by Gasteiger charge is -2.38. The zero-order valence-electron chi connectivity index (χ0n) is 12.0. The normalized spacial score (nSPS) is 17.0. The van der Waals surface area contributed by atoms with Crippen molar-refractivity contribution in [3.05, 3.63) is 28.3 Å². The van der Waals surface area contributed by atoms with Crippen LogP contribution in [-0.2, 0) is 10.0 Å². The van der Waals surface area contributed by atoms with Gasteiger partial charge in [-0.3, -0.25) is 10.1 Å². The van der Waals surface area contributed by atoms with Crippen LogP contribution in [0.15, 0.2) is 23.1 Å². The predicted octanol–water partition coefficient (Wildman–Crippen LogP) is 2.10. The van der Waals surface area contributed by atoms with Gasteiger partial charge in [-0.2, -0.15) is 0 Å². The van der Waals surface area contributed by atoms with E-state index in [9.17, 15) is 18.5 Å². The van der Waals surface area contributed by atoms with Crippen LogP contribution < -0.4 is 10.0 Å². The first-order valence-corrected chi connectivity index (χ1v) is 8.22. The summed E-state index contributed by atoms with van der Waals surface area (Å²) in [6, 6.07) is 3.68. The molecule has 1 aliphatic rings. The van der Waals surface area contributed by atoms with Crippen molar-refractivity contribution in [1.29, 1.82) is 0 Å². The molecular formula is C13H19N3O4S. The molecule has 2 N–H and O–H groups in total. The summed E-state index contributed by atoms with van der Waals surface area (Å²) in [7, 11) is -2.16. The second kappa shape index (κ2) is 5.61. The number of hydrogen-bond donors (Lipinski definition) is 2. The third-order valence-electron chi connectivity index (χ3n) is 3.98. The summed E-state index contributed by atoms with van der Waals surface area (Å²) in [4.78, 5) is 10.2. The molecule has 0 spiro atoms. The molecule has 1 aromatic carbocycles. The summed E-state index contributed by atoms with van der Waals surface area (Å²) in [5.41, 5.74) is 0.0907. The van der Waals surface area contributed by atoms with Gasteiger partial charge in [-0.1, -0.05) is 13.3 Å². The summed E-state index contributed by atoms with van der Waals surface area (Å²) >= 11 is 0. The fourth-order valence-electron chi connectivity index (χ4n) is 2.37. The van der Waals surface area contributed by atoms with Gasteiger partial charge in [0, 0.05) is 25.7 Å². The van der Waals surface area contributed by atoms with Gasteiger partial charge >= 0.3 is 0 Å². The number of non-ortho nitro benzene ring substituents is 1. The molecule has 0 atom stereocenters. The Morgan fingerprint density at radius 2 is 2.05 bits per heavy atom. The maximum absolute atomic E-state index is 12.4. The van der Waals surface area contributed by atoms with E-state index >= 15 is 0 Å². The molecule has 0 bridgehead atoms. The number of nitrogens with one attached hydrogen (secondary N) is 2. The van der Waals surface area contributed by atoms with Gasteiger partial charge in [-0.05, 0) is 24.3 Å². The number of nitro groups is 1. The fraction of sp³-hybridized carbons (Fsp3) is 0.538. The van der Waals surface area contributed by atoms with Crippen LogP contribution in [0.4, 0.5) is 11.4 Å². The Morgan fingerprint density at radius 3 is 2.52 bits per heavy atom. The molecule has 0 radical (unpaired) electrons. The topological polar surface area (TPSA) is 101 Å². The first-order valence-electron chi connectivity index (χ1n) is 6.73. The van der Waals surface area contributed by atoms with Crippen molar-refractivity contribution >= 4 is 21.4 Å². The SMILES string of the molecule is CNc1cc([N+](=O)[O-])ccc1S(=O)(=O)NCC1(C)CCC1. The highest BCUT2D eigenvalue weighted by atomic mass is 32.2. The van der Waals surface area contributed by atoms with Crippen LogP contribution in [0, 0.1) is 15.5 Å². The number of sulfonamides is 1. The Morgan fingerprint density at radius 1 is 1.38 bits per heavy atom. The maximum atomic E-state index is 12.4. The Balaban J connectivity index is 2.24. The molecule has 0 saturated heterocycles. The molecule has 1 aromatic rings. The minimum absolute atomic E-state index is 0.0215. The van der Waals surface area contributed by atoms with Gasteiger partial charge in [0.25, 0.3) is 5.69 Å². The number of benzene rings is 1. The van der Waals surface area contributed by atoms with Crippen molar-refractivity contribution < 1.29 is 13.3 Å². The summed E-state index contributed by atoms with van der Waals surface area (Å²) in [6.45, 7) is 2.43. The average molecular weight is 313 g/mol. The number of anilines is 1. The quantitative estimate of drug-likeness (QED) is 0.618. The van der Waals surface area contributed by atoms with E-state index < -0.39 is 14.9 Å². The minimum Gasteiger partial charge on any atom is -0.387 e. The fourth-order valence-corrected chi connectivity index (χ4v) is 3.76. The summed E-state index contributed by atoms with van der Waals surface area (Å²) in [5.74, 6) is 0. The summed E-state index contributed by atoms with van der Waals surface area (Å²) in [5, 5.41) is 13.4. The van der Waals surface area contributed by atoms with Crippen LogP contribution in [0.25, 0.3) is 0 Å². The zero-order valence-corrected chi connectivity index (χ0v) is 12.9. The molecule has 1 saturated carbocycles. The van der Waals surface area contributed by atoms with Crippen LogP contribution in [-0.4, -0.2) is 26.9 Å². The van der Waals surface area contributed by atoms with Gasteiger partial charge in [-0.25, -0.2) is 13.1 Å². The molecule has 0 unspecified atom stereocenters. The van der Waals surface area contributed by atoms with Gasteiger partial charge in [0.2, 0.25) is 10.0 Å². The highest BCUT2D eigenvalue weighted by Gasteiger charge is 2.33. The lowest BCUT2D eigenvalue weighted by molar-refractivity contribution is -0.384. The standard InChI is InChI=1S/C13H19N3O4S/c1-13(6-3-7-13)9-15-21(19,20)12-5-4-10(16(17)18)8-11(12)14-2/h4-5,8,14-15H,3,6-7,9H2,1-2H3. The smallest absolute Gasteiger partial charge is 0.271 e. The van der Waals surface area contributed by atoms with Crippen LogP contribution in [0.1, 0.15) is 26.2 Å². The van der Waals surface area contributed by atoms with Crippen molar-refractivity contribution in [3.8, 4) is 0 Å². The number of nitro benzene ring substituents is 1. The Labute approximate surface area is 123 Å². The molecule has 1 fully saturated rings. The van der Waals surface area contributed by atoms with E-state index in [0.29, 0.717) is 6.54 Å². The second-order valence-corrected chi connectivity index (χ2v) is 7.41. The van der Waals surface area contributed by atoms with Gasteiger partial charge in [0.05, 0.1) is 10.6 Å². The zero-order chi connectivity index (χ0) is 15.7. The minimum atomic E-state index is -3.69. The van der Waals surface area contributed by atoms with Gasteiger partial charge < -0.3 is 5.32 Å². The van der Waals surface area contributed by atoms with Crippen LogP contribution >= 0.6 is 0 Å². The van der Waals surface area contributed by atoms with E-state index in [1.807, 2.05) is 6.92 Å². The first kappa shape index (κ1) is 15.7. The lowest BCUT2D eigenvalue weighted by atomic mass is 9.71. The molecule has 2 rings (SSSR count). The highest BCUT2D eigenvalue weighted by molar-refractivity contribution is 7.89. The van der Waals surface area contributed by atoms with Crippen molar-refractivity contribution in [3.63, 3.8) is 0 Å². The maximum Gasteiger partial charge on any atom is 0.271 e. The van der Waals surface area contributed by atoms with Crippen LogP contribution in [0.2, 0.25) is 0 Å². The van der Waals surface area contributed by atoms with Crippen LogP contribution in [0.3, 0.4) is 0 Å². The molecule has 0 aliphatic heterocycles. The number of nitrogens with zero attached hydrogens (tertiary/aromatic N) is 1. The second-order valence-electron chi connectivity index (χ2n) is 5.68. The van der Waals surface area contributed by atoms with E-state index in [-0.39, 0.29) is 21.7 Å². The van der Waals surface area contributed by atoms with Gasteiger partial charge in [-0.15, -0.1) is 0 Å². The van der Waals surface area contributed by atoms with Gasteiger partial charge in [0.15, 0.2) is 0 Å².